The molecule has 8 nitrogen and oxygen atoms in total. The molecule has 0 fully saturated rings. The van der Waals surface area contributed by atoms with Crippen LogP contribution in [0.1, 0.15) is 64.8 Å². The lowest BCUT2D eigenvalue weighted by atomic mass is 10.0. The summed E-state index contributed by atoms with van der Waals surface area (Å²) in [4.78, 5) is 30.8. The molecule has 1 aliphatic rings. The first kappa shape index (κ1) is 22.5. The molecular weight excluding hydrogens is 469 g/mol. The van der Waals surface area contributed by atoms with Crippen molar-refractivity contribution in [3.63, 3.8) is 0 Å². The fourth-order valence-corrected chi connectivity index (χ4v) is 5.03. The lowest BCUT2D eigenvalue weighted by Gasteiger charge is -2.33. The number of oxazole rings is 1. The van der Waals surface area contributed by atoms with Gasteiger partial charge in [-0.1, -0.05) is 6.07 Å². The van der Waals surface area contributed by atoms with Gasteiger partial charge in [-0.25, -0.2) is 28.1 Å². The van der Waals surface area contributed by atoms with E-state index < -0.39 is 41.2 Å². The molecule has 0 aliphatic carbocycles. The second-order valence-electron chi connectivity index (χ2n) is 8.47. The Bertz CT molecular complexity index is 1380. The number of nitrogens with one attached hydrogen (secondary N) is 2. The van der Waals surface area contributed by atoms with E-state index in [2.05, 4.69) is 25.3 Å². The number of para-hydroxylation sites is 1. The minimum Gasteiger partial charge on any atom is -0.433 e. The largest absolute Gasteiger partial charge is 0.433 e. The van der Waals surface area contributed by atoms with Crippen LogP contribution < -0.4 is 5.32 Å². The van der Waals surface area contributed by atoms with E-state index in [0.717, 1.165) is 5.69 Å². The van der Waals surface area contributed by atoms with Gasteiger partial charge in [0.15, 0.2) is 5.69 Å². The summed E-state index contributed by atoms with van der Waals surface area (Å²) in [6.07, 6.45) is -1.07. The van der Waals surface area contributed by atoms with Gasteiger partial charge in [-0.05, 0) is 33.0 Å². The van der Waals surface area contributed by atoms with E-state index in [-0.39, 0.29) is 18.0 Å². The van der Waals surface area contributed by atoms with Gasteiger partial charge in [-0.2, -0.15) is 0 Å². The van der Waals surface area contributed by atoms with Crippen LogP contribution in [0.15, 0.2) is 28.9 Å². The smallest absolute Gasteiger partial charge is 0.292 e. The number of fused-ring (bicyclic) bond motifs is 2. The Morgan fingerprint density at radius 2 is 2.15 bits per heavy atom. The normalized spacial score (nSPS) is 16.4. The van der Waals surface area contributed by atoms with Crippen LogP contribution in [0.3, 0.4) is 0 Å². The van der Waals surface area contributed by atoms with Crippen LogP contribution in [-0.2, 0) is 12.0 Å². The summed E-state index contributed by atoms with van der Waals surface area (Å²) in [5.41, 5.74) is -0.0668. The third kappa shape index (κ3) is 3.57. The van der Waals surface area contributed by atoms with Crippen LogP contribution in [0.5, 0.6) is 0 Å². The lowest BCUT2D eigenvalue weighted by molar-refractivity contribution is 0.0638. The number of thiazole rings is 1. The van der Waals surface area contributed by atoms with E-state index in [0.29, 0.717) is 21.8 Å². The molecule has 4 heterocycles. The number of imidazole rings is 1. The van der Waals surface area contributed by atoms with Crippen LogP contribution in [0, 0.1) is 5.82 Å². The topological polar surface area (TPSA) is 99.9 Å². The summed E-state index contributed by atoms with van der Waals surface area (Å²) in [6, 6.07) is 3.83. The van der Waals surface area contributed by atoms with Crippen molar-refractivity contribution < 1.29 is 22.4 Å². The number of benzene rings is 1. The number of H-pyrrole nitrogens is 1. The molecule has 34 heavy (non-hydrogen) atoms. The quantitative estimate of drug-likeness (QED) is 0.432. The second-order valence-corrected chi connectivity index (χ2v) is 9.53. The standard InChI is InChI=1S/C22H21F3N6O2S/c1-22(2,26-3)21-30-15(18(24)25)17(33-21)20(32)31-8-7-11-14(28-9-27-11)16(31)19-29-13-10(23)5-4-6-12(13)34-19/h4-6,9,16,18,26H,7-8H2,1-3H3,(H,27,28)/t16-/m0/s1. The predicted molar refractivity (Wildman–Crippen MR) is 118 cm³/mol. The Morgan fingerprint density at radius 1 is 1.35 bits per heavy atom. The highest BCUT2D eigenvalue weighted by Gasteiger charge is 2.41. The van der Waals surface area contributed by atoms with Gasteiger partial charge in [0.25, 0.3) is 12.3 Å². The van der Waals surface area contributed by atoms with Gasteiger partial charge in [0.1, 0.15) is 22.4 Å². The first-order valence-corrected chi connectivity index (χ1v) is 11.4. The van der Waals surface area contributed by atoms with Gasteiger partial charge in [0.2, 0.25) is 11.7 Å². The van der Waals surface area contributed by atoms with Crippen LogP contribution in [0.2, 0.25) is 0 Å². The van der Waals surface area contributed by atoms with Crippen molar-refractivity contribution in [2.24, 2.45) is 0 Å². The van der Waals surface area contributed by atoms with Gasteiger partial charge in [-0.3, -0.25) is 4.79 Å². The Hall–Kier alpha value is -3.25. The van der Waals surface area contributed by atoms with E-state index in [1.54, 1.807) is 33.0 Å². The molecule has 0 saturated carbocycles. The predicted octanol–water partition coefficient (Wildman–Crippen LogP) is 4.33. The van der Waals surface area contributed by atoms with Crippen molar-refractivity contribution in [1.82, 2.24) is 30.2 Å². The van der Waals surface area contributed by atoms with Crippen molar-refractivity contribution in [3.05, 3.63) is 64.1 Å². The molecule has 0 spiro atoms. The fourth-order valence-electron chi connectivity index (χ4n) is 3.93. The van der Waals surface area contributed by atoms with E-state index in [1.807, 2.05) is 0 Å². The van der Waals surface area contributed by atoms with Crippen LogP contribution in [0.25, 0.3) is 10.2 Å². The minimum absolute atomic E-state index is 0.0234. The SMILES string of the molecule is CNC(C)(C)c1nc(C(F)F)c(C(=O)N2CCc3[nH]cnc3[C@H]2c2nc3c(F)cccc3s2)o1. The maximum absolute atomic E-state index is 14.3. The molecule has 12 heteroatoms. The number of hydrogen-bond donors (Lipinski definition) is 2. The zero-order valence-electron chi connectivity index (χ0n) is 18.5. The lowest BCUT2D eigenvalue weighted by Crippen LogP contribution is -2.41. The van der Waals surface area contributed by atoms with Crippen LogP contribution in [0.4, 0.5) is 13.2 Å². The molecule has 0 saturated heterocycles. The summed E-state index contributed by atoms with van der Waals surface area (Å²) in [7, 11) is 1.64. The maximum Gasteiger partial charge on any atom is 0.292 e. The molecule has 1 aromatic carbocycles. The number of rotatable bonds is 5. The Morgan fingerprint density at radius 3 is 2.85 bits per heavy atom. The highest BCUT2D eigenvalue weighted by Crippen LogP contribution is 2.39. The maximum atomic E-state index is 14.3. The highest BCUT2D eigenvalue weighted by molar-refractivity contribution is 7.18. The number of hydrogen-bond acceptors (Lipinski definition) is 7. The van der Waals surface area contributed by atoms with Crippen molar-refractivity contribution in [2.45, 2.75) is 38.3 Å². The summed E-state index contributed by atoms with van der Waals surface area (Å²) >= 11 is 1.22. The molecule has 0 radical (unpaired) electrons. The second kappa shape index (κ2) is 8.20. The van der Waals surface area contributed by atoms with Gasteiger partial charge in [-0.15, -0.1) is 11.3 Å². The molecule has 0 bridgehead atoms. The van der Waals surface area contributed by atoms with Crippen molar-refractivity contribution in [1.29, 1.82) is 0 Å². The first-order chi connectivity index (χ1) is 16.2. The Balaban J connectivity index is 1.62. The number of amides is 1. The number of carbonyl (C=O) groups is 1. The summed E-state index contributed by atoms with van der Waals surface area (Å²) in [5, 5.41) is 3.36. The number of halogens is 3. The zero-order chi connectivity index (χ0) is 24.2. The molecule has 0 unspecified atom stereocenters. The third-order valence-corrected chi connectivity index (χ3v) is 7.09. The average molecular weight is 491 g/mol. The number of aromatic amines is 1. The van der Waals surface area contributed by atoms with Gasteiger partial charge in [0, 0.05) is 18.7 Å². The number of carbonyl (C=O) groups excluding carboxylic acids is 1. The van der Waals surface area contributed by atoms with E-state index in [4.69, 9.17) is 4.42 Å². The minimum atomic E-state index is -3.01. The molecule has 3 aromatic heterocycles. The van der Waals surface area contributed by atoms with E-state index in [1.165, 1.54) is 28.6 Å². The molecule has 1 atom stereocenters. The van der Waals surface area contributed by atoms with Gasteiger partial charge < -0.3 is 19.6 Å². The number of aromatic nitrogens is 4. The Kier molecular flexibility index (Phi) is 5.44. The highest BCUT2D eigenvalue weighted by atomic mass is 32.1. The van der Waals surface area contributed by atoms with E-state index >= 15 is 0 Å². The molecular formula is C22H21F3N6O2S. The molecule has 178 valence electrons. The fraction of sp³-hybridized carbons (Fsp3) is 0.364. The Labute approximate surface area is 196 Å². The molecule has 2 N–H and O–H groups in total. The monoisotopic (exact) mass is 490 g/mol. The summed E-state index contributed by atoms with van der Waals surface area (Å²) < 4.78 is 48.3. The van der Waals surface area contributed by atoms with Gasteiger partial charge >= 0.3 is 0 Å². The number of nitrogens with zero attached hydrogens (tertiary/aromatic N) is 4. The first-order valence-electron chi connectivity index (χ1n) is 10.6. The summed E-state index contributed by atoms with van der Waals surface area (Å²) in [5.74, 6) is -1.78. The molecule has 5 rings (SSSR count). The summed E-state index contributed by atoms with van der Waals surface area (Å²) in [6.45, 7) is 3.61. The van der Waals surface area contributed by atoms with E-state index in [9.17, 15) is 18.0 Å². The molecule has 1 aliphatic heterocycles. The van der Waals surface area contributed by atoms with Crippen molar-refractivity contribution in [2.75, 3.05) is 13.6 Å². The average Bonchev–Trinajstić information content (AvgIpc) is 3.55. The molecule has 1 amide bonds. The van der Waals surface area contributed by atoms with Crippen LogP contribution in [-0.4, -0.2) is 44.3 Å². The van der Waals surface area contributed by atoms with Crippen molar-refractivity contribution in [3.8, 4) is 0 Å². The van der Waals surface area contributed by atoms with Crippen molar-refractivity contribution >= 4 is 27.5 Å². The third-order valence-electron chi connectivity index (χ3n) is 6.02. The zero-order valence-corrected chi connectivity index (χ0v) is 19.3. The van der Waals surface area contributed by atoms with Gasteiger partial charge in [0.05, 0.1) is 22.3 Å². The molecule has 4 aromatic rings. The number of alkyl halides is 2. The van der Waals surface area contributed by atoms with Crippen LogP contribution >= 0.6 is 11.3 Å².